The summed E-state index contributed by atoms with van der Waals surface area (Å²) in [5.74, 6) is -1.52. The minimum absolute atomic E-state index is 0.0288. The molecule has 3 heterocycles. The van der Waals surface area contributed by atoms with Gasteiger partial charge in [0, 0.05) is 43.7 Å². The molecule has 11 nitrogen and oxygen atoms in total. The first kappa shape index (κ1) is 25.1. The number of carbonyl (C=O) groups excluding carboxylic acids is 1. The summed E-state index contributed by atoms with van der Waals surface area (Å²) in [5.41, 5.74) is 6.41. The van der Waals surface area contributed by atoms with Crippen LogP contribution in [0.4, 0.5) is 10.9 Å². The topological polar surface area (TPSA) is 159 Å². The van der Waals surface area contributed by atoms with Crippen LogP contribution in [0.1, 0.15) is 12.0 Å². The number of carboxylic acids is 1. The molecule has 0 aliphatic carbocycles. The van der Waals surface area contributed by atoms with E-state index >= 15 is 0 Å². The highest BCUT2D eigenvalue weighted by Gasteiger charge is 2.41. The van der Waals surface area contributed by atoms with E-state index in [1.165, 1.54) is 17.3 Å². The van der Waals surface area contributed by atoms with Crippen molar-refractivity contribution in [2.75, 3.05) is 31.3 Å². The number of nitrogen functional groups attached to an aromatic ring is 1. The molecule has 1 aromatic carbocycles. The number of fused-ring (bicyclic) bond motifs is 1. The lowest BCUT2D eigenvalue weighted by Gasteiger charge is -2.25. The minimum atomic E-state index is -4.01. The molecule has 1 fully saturated rings. The number of sulfonamides is 1. The first-order valence-electron chi connectivity index (χ1n) is 10.5. The van der Waals surface area contributed by atoms with Gasteiger partial charge >= 0.3 is 5.97 Å². The monoisotopic (exact) mass is 538 g/mol. The molecule has 1 unspecified atom stereocenters. The number of likely N-dealkylation sites (tertiary alicyclic amines) is 1. The van der Waals surface area contributed by atoms with Crippen molar-refractivity contribution in [1.82, 2.24) is 19.6 Å². The van der Waals surface area contributed by atoms with Crippen molar-refractivity contribution in [3.05, 3.63) is 41.2 Å². The van der Waals surface area contributed by atoms with E-state index in [0.717, 1.165) is 16.7 Å². The zero-order valence-electron chi connectivity index (χ0n) is 18.8. The number of pyridine rings is 1. The van der Waals surface area contributed by atoms with Crippen LogP contribution in [-0.2, 0) is 26.0 Å². The molecule has 1 aliphatic rings. The van der Waals surface area contributed by atoms with Crippen LogP contribution < -0.4 is 15.4 Å². The van der Waals surface area contributed by atoms with E-state index in [1.807, 2.05) is 0 Å². The van der Waals surface area contributed by atoms with Crippen molar-refractivity contribution in [1.29, 1.82) is 0 Å². The maximum absolute atomic E-state index is 13.1. The Hall–Kier alpha value is -3.00. The molecule has 0 spiro atoms. The van der Waals surface area contributed by atoms with Gasteiger partial charge in [-0.05, 0) is 35.6 Å². The number of halogens is 1. The third kappa shape index (κ3) is 5.03. The van der Waals surface area contributed by atoms with Gasteiger partial charge in [-0.3, -0.25) is 4.79 Å². The predicted octanol–water partition coefficient (Wildman–Crippen LogP) is 1.57. The number of thiazole rings is 1. The Kier molecular flexibility index (Phi) is 6.86. The number of nitrogens with zero attached hydrogens (tertiary/aromatic N) is 4. The highest BCUT2D eigenvalue weighted by atomic mass is 35.5. The van der Waals surface area contributed by atoms with E-state index in [9.17, 15) is 23.1 Å². The summed E-state index contributed by atoms with van der Waals surface area (Å²) >= 11 is 7.36. The number of nitrogens with two attached hydrogens (primary N) is 1. The lowest BCUT2D eigenvalue weighted by Crippen LogP contribution is -2.48. The maximum atomic E-state index is 13.1. The quantitative estimate of drug-likeness (QED) is 0.387. The average Bonchev–Trinajstić information content (AvgIpc) is 3.41. The predicted molar refractivity (Wildman–Crippen MR) is 133 cm³/mol. The number of hydrogen-bond donors (Lipinski definition) is 3. The number of aliphatic carboxylic acids is 1. The molecule has 14 heteroatoms. The molecule has 1 aliphatic heterocycles. The van der Waals surface area contributed by atoms with Gasteiger partial charge in [-0.15, -0.1) is 0 Å². The average molecular weight is 539 g/mol. The van der Waals surface area contributed by atoms with Gasteiger partial charge in [0.2, 0.25) is 5.91 Å². The van der Waals surface area contributed by atoms with Gasteiger partial charge in [-0.1, -0.05) is 22.9 Å². The second kappa shape index (κ2) is 9.57. The second-order valence-corrected chi connectivity index (χ2v) is 11.6. The van der Waals surface area contributed by atoms with Crippen LogP contribution in [0.15, 0.2) is 34.8 Å². The fourth-order valence-electron chi connectivity index (χ4n) is 3.91. The summed E-state index contributed by atoms with van der Waals surface area (Å²) in [6, 6.07) is 2.76. The second-order valence-electron chi connectivity index (χ2n) is 8.27. The Morgan fingerprint density at radius 2 is 2.14 bits per heavy atom. The molecule has 0 saturated carbocycles. The molecule has 2 aromatic heterocycles. The molecule has 0 radical (unpaired) electrons. The molecule has 4 N–H and O–H groups in total. The Morgan fingerprint density at radius 3 is 2.80 bits per heavy atom. The fraction of sp³-hybridized carbons (Fsp3) is 0.333. The molecule has 186 valence electrons. The molecule has 3 aromatic rings. The van der Waals surface area contributed by atoms with Crippen molar-refractivity contribution < 1.29 is 23.1 Å². The van der Waals surface area contributed by atoms with E-state index in [-0.39, 0.29) is 23.6 Å². The van der Waals surface area contributed by atoms with E-state index in [2.05, 4.69) is 14.7 Å². The van der Waals surface area contributed by atoms with Crippen molar-refractivity contribution in [3.63, 3.8) is 0 Å². The molecule has 1 saturated heterocycles. The molecule has 4 rings (SSSR count). The van der Waals surface area contributed by atoms with Gasteiger partial charge in [0.15, 0.2) is 9.34 Å². The van der Waals surface area contributed by atoms with Crippen LogP contribution >= 0.6 is 22.9 Å². The Bertz CT molecular complexity index is 1410. The number of benzene rings is 1. The summed E-state index contributed by atoms with van der Waals surface area (Å²) in [6.45, 7) is 0.0801. The number of hydrogen-bond acceptors (Lipinski definition) is 9. The molecule has 35 heavy (non-hydrogen) atoms. The zero-order valence-corrected chi connectivity index (χ0v) is 21.2. The van der Waals surface area contributed by atoms with Crippen LogP contribution in [0.3, 0.4) is 0 Å². The van der Waals surface area contributed by atoms with Crippen molar-refractivity contribution in [2.45, 2.75) is 29.1 Å². The number of amides is 1. The van der Waals surface area contributed by atoms with Crippen molar-refractivity contribution in [2.24, 2.45) is 0 Å². The van der Waals surface area contributed by atoms with E-state index in [4.69, 9.17) is 17.3 Å². The maximum Gasteiger partial charge on any atom is 0.326 e. The lowest BCUT2D eigenvalue weighted by atomic mass is 10.0. The smallest absolute Gasteiger partial charge is 0.326 e. The number of carbonyl (C=O) groups is 2. The molecular weight excluding hydrogens is 516 g/mol. The van der Waals surface area contributed by atoms with Gasteiger partial charge in [0.25, 0.3) is 10.0 Å². The number of carboxylic acid groups (broad SMARTS) is 1. The molecule has 0 bridgehead atoms. The Labute approximate surface area is 210 Å². The highest BCUT2D eigenvalue weighted by Crippen LogP contribution is 2.30. The molecule has 2 atom stereocenters. The summed E-state index contributed by atoms with van der Waals surface area (Å²) in [6.07, 6.45) is 2.84. The third-order valence-electron chi connectivity index (χ3n) is 5.69. The van der Waals surface area contributed by atoms with Gasteiger partial charge in [0.05, 0.1) is 6.20 Å². The van der Waals surface area contributed by atoms with Crippen LogP contribution in [0.2, 0.25) is 5.02 Å². The van der Waals surface area contributed by atoms with Gasteiger partial charge < -0.3 is 20.6 Å². The van der Waals surface area contributed by atoms with Gasteiger partial charge in [-0.25, -0.2) is 23.2 Å². The first-order valence-corrected chi connectivity index (χ1v) is 13.2. The van der Waals surface area contributed by atoms with Gasteiger partial charge in [-0.2, -0.15) is 4.72 Å². The molecule has 1 amide bonds. The summed E-state index contributed by atoms with van der Waals surface area (Å²) in [7, 11) is -0.534. The normalized spacial score (nSPS) is 17.2. The minimum Gasteiger partial charge on any atom is -0.480 e. The van der Waals surface area contributed by atoms with Gasteiger partial charge in [0.1, 0.15) is 17.9 Å². The lowest BCUT2D eigenvalue weighted by molar-refractivity contribution is -0.148. The Balaban J connectivity index is 1.54. The summed E-state index contributed by atoms with van der Waals surface area (Å²) in [4.78, 5) is 36.1. The third-order valence-corrected chi connectivity index (χ3v) is 9.14. The van der Waals surface area contributed by atoms with E-state index < -0.39 is 34.0 Å². The highest BCUT2D eigenvalue weighted by molar-refractivity contribution is 7.91. The fourth-order valence-corrected chi connectivity index (χ4v) is 6.43. The van der Waals surface area contributed by atoms with Crippen LogP contribution in [0.25, 0.3) is 10.8 Å². The first-order chi connectivity index (χ1) is 16.5. The standard InChI is InChI=1S/C21H23ClN6O5S2/c1-27(2)21-25-10-17(34-21)35(32,33)26-15-4-6-28(19(15)29)16(20(30)31)8-12-7-11-3-5-24-18(23)13(11)9-14(12)22/h3,5,7,9-10,15-16,26H,4,6,8H2,1-2H3,(H2,23,24)(H,30,31)/t15?,16-/m1/s1. The molecular formula is C21H23ClN6O5S2. The van der Waals surface area contributed by atoms with Crippen LogP contribution in [0.5, 0.6) is 0 Å². The number of rotatable bonds is 8. The van der Waals surface area contributed by atoms with E-state index in [1.54, 1.807) is 37.2 Å². The SMILES string of the molecule is CN(C)c1ncc(S(=O)(=O)NC2CCN([C@H](Cc3cc4ccnc(N)c4cc3Cl)C(=O)O)C2=O)s1. The largest absolute Gasteiger partial charge is 0.480 e. The van der Waals surface area contributed by atoms with Crippen molar-refractivity contribution >= 4 is 66.6 Å². The zero-order chi connectivity index (χ0) is 25.5. The van der Waals surface area contributed by atoms with E-state index in [0.29, 0.717) is 26.9 Å². The Morgan fingerprint density at radius 1 is 1.40 bits per heavy atom. The summed E-state index contributed by atoms with van der Waals surface area (Å²) in [5, 5.41) is 12.1. The number of nitrogens with one attached hydrogen (secondary N) is 1. The van der Waals surface area contributed by atoms with Crippen LogP contribution in [-0.4, -0.2) is 73.0 Å². The summed E-state index contributed by atoms with van der Waals surface area (Å²) < 4.78 is 27.9. The van der Waals surface area contributed by atoms with Crippen molar-refractivity contribution in [3.8, 4) is 0 Å². The van der Waals surface area contributed by atoms with Crippen LogP contribution in [0, 0.1) is 0 Å². The number of anilines is 2. The number of aromatic nitrogens is 2.